The molecule has 0 aromatic heterocycles. The monoisotopic (exact) mass is 234 g/mol. The molecule has 0 spiro atoms. The lowest BCUT2D eigenvalue weighted by atomic mass is 9.97. The molecule has 1 aliphatic heterocycles. The maximum atomic E-state index is 3.77. The fourth-order valence-corrected chi connectivity index (χ4v) is 3.94. The van der Waals surface area contributed by atoms with Crippen molar-refractivity contribution in [1.82, 2.24) is 10.2 Å². The van der Waals surface area contributed by atoms with E-state index in [-0.39, 0.29) is 0 Å². The Labute approximate surface area is 105 Å². The van der Waals surface area contributed by atoms with Crippen molar-refractivity contribution in [1.29, 1.82) is 0 Å². The Bertz CT molecular complexity index is 302. The molecule has 4 rings (SSSR count). The molecule has 3 saturated carbocycles. The Morgan fingerprint density at radius 3 is 2.53 bits per heavy atom. The molecule has 4 fully saturated rings. The SMILES string of the molecule is CC1CNC(C2CC2)CN1CC1(C2CC2)CC1. The predicted octanol–water partition coefficient (Wildman–Crippen LogP) is 2.25. The molecule has 96 valence electrons. The highest BCUT2D eigenvalue weighted by Gasteiger charge is 2.55. The van der Waals surface area contributed by atoms with E-state index in [0.29, 0.717) is 0 Å². The van der Waals surface area contributed by atoms with Crippen LogP contribution in [-0.4, -0.2) is 36.6 Å². The van der Waals surface area contributed by atoms with E-state index in [2.05, 4.69) is 17.1 Å². The molecular formula is C15H26N2. The largest absolute Gasteiger partial charge is 0.311 e. The van der Waals surface area contributed by atoms with Gasteiger partial charge in [0.25, 0.3) is 0 Å². The molecule has 2 heteroatoms. The van der Waals surface area contributed by atoms with E-state index in [1.807, 2.05) is 0 Å². The number of piperazine rings is 1. The standard InChI is InChI=1S/C15H26N2/c1-11-8-16-14(12-2-3-12)9-17(11)10-15(6-7-15)13-4-5-13/h11-14,16H,2-10H2,1H3. The molecule has 3 aliphatic carbocycles. The zero-order chi connectivity index (χ0) is 11.5. The third-order valence-corrected chi connectivity index (χ3v) is 5.77. The van der Waals surface area contributed by atoms with E-state index in [9.17, 15) is 0 Å². The minimum absolute atomic E-state index is 0.765. The zero-order valence-corrected chi connectivity index (χ0v) is 11.1. The molecule has 1 saturated heterocycles. The number of hydrogen-bond acceptors (Lipinski definition) is 2. The van der Waals surface area contributed by atoms with E-state index in [4.69, 9.17) is 0 Å². The summed E-state index contributed by atoms with van der Waals surface area (Å²) < 4.78 is 0. The highest BCUT2D eigenvalue weighted by molar-refractivity contribution is 5.07. The van der Waals surface area contributed by atoms with Crippen LogP contribution in [0.25, 0.3) is 0 Å². The second kappa shape index (κ2) is 3.71. The predicted molar refractivity (Wildman–Crippen MR) is 69.9 cm³/mol. The number of nitrogens with zero attached hydrogens (tertiary/aromatic N) is 1. The van der Waals surface area contributed by atoms with E-state index < -0.39 is 0 Å². The Hall–Kier alpha value is -0.0800. The number of nitrogens with one attached hydrogen (secondary N) is 1. The van der Waals surface area contributed by atoms with Gasteiger partial charge in [0.1, 0.15) is 0 Å². The summed E-state index contributed by atoms with van der Waals surface area (Å²) in [7, 11) is 0. The van der Waals surface area contributed by atoms with Crippen molar-refractivity contribution >= 4 is 0 Å². The van der Waals surface area contributed by atoms with Crippen LogP contribution in [0.2, 0.25) is 0 Å². The quantitative estimate of drug-likeness (QED) is 0.802. The maximum absolute atomic E-state index is 3.77. The molecule has 1 N–H and O–H groups in total. The van der Waals surface area contributed by atoms with Gasteiger partial charge in [-0.05, 0) is 62.7 Å². The summed E-state index contributed by atoms with van der Waals surface area (Å²) in [5, 5.41) is 3.77. The van der Waals surface area contributed by atoms with Crippen molar-refractivity contribution < 1.29 is 0 Å². The second-order valence-corrected chi connectivity index (χ2v) is 7.27. The fourth-order valence-electron chi connectivity index (χ4n) is 3.94. The van der Waals surface area contributed by atoms with Gasteiger partial charge in [-0.15, -0.1) is 0 Å². The topological polar surface area (TPSA) is 15.3 Å². The molecule has 0 bridgehead atoms. The first kappa shape index (κ1) is 10.8. The van der Waals surface area contributed by atoms with Crippen LogP contribution in [0.4, 0.5) is 0 Å². The number of rotatable bonds is 4. The average molecular weight is 234 g/mol. The summed E-state index contributed by atoms with van der Waals surface area (Å²) in [6.07, 6.45) is 9.09. The van der Waals surface area contributed by atoms with Gasteiger partial charge in [0.15, 0.2) is 0 Å². The molecule has 0 aromatic rings. The van der Waals surface area contributed by atoms with Crippen molar-refractivity contribution in [2.24, 2.45) is 17.3 Å². The van der Waals surface area contributed by atoms with Gasteiger partial charge < -0.3 is 5.32 Å². The third-order valence-electron chi connectivity index (χ3n) is 5.77. The lowest BCUT2D eigenvalue weighted by molar-refractivity contribution is 0.101. The van der Waals surface area contributed by atoms with Crippen LogP contribution in [0.5, 0.6) is 0 Å². The summed E-state index contributed by atoms with van der Waals surface area (Å²) in [4.78, 5) is 2.82. The van der Waals surface area contributed by atoms with Gasteiger partial charge in [-0.3, -0.25) is 4.90 Å². The van der Waals surface area contributed by atoms with Gasteiger partial charge in [0, 0.05) is 31.7 Å². The van der Waals surface area contributed by atoms with Crippen LogP contribution in [0.1, 0.15) is 45.4 Å². The van der Waals surface area contributed by atoms with Gasteiger partial charge >= 0.3 is 0 Å². The molecule has 0 aromatic carbocycles. The lowest BCUT2D eigenvalue weighted by Crippen LogP contribution is -2.57. The van der Waals surface area contributed by atoms with Gasteiger partial charge in [-0.25, -0.2) is 0 Å². The molecule has 1 heterocycles. The molecule has 2 nitrogen and oxygen atoms in total. The van der Waals surface area contributed by atoms with Crippen molar-refractivity contribution in [3.8, 4) is 0 Å². The summed E-state index contributed by atoms with van der Waals surface area (Å²) >= 11 is 0. The molecule has 17 heavy (non-hydrogen) atoms. The maximum Gasteiger partial charge on any atom is 0.0224 e. The van der Waals surface area contributed by atoms with Crippen LogP contribution in [-0.2, 0) is 0 Å². The lowest BCUT2D eigenvalue weighted by Gasteiger charge is -2.41. The van der Waals surface area contributed by atoms with E-state index >= 15 is 0 Å². The van der Waals surface area contributed by atoms with E-state index in [1.54, 1.807) is 0 Å². The van der Waals surface area contributed by atoms with Crippen molar-refractivity contribution in [3.63, 3.8) is 0 Å². The van der Waals surface area contributed by atoms with Gasteiger partial charge in [0.05, 0.1) is 0 Å². The van der Waals surface area contributed by atoms with Crippen LogP contribution in [0.15, 0.2) is 0 Å². The average Bonchev–Trinajstić information content (AvgIpc) is 3.09. The molecular weight excluding hydrogens is 208 g/mol. The molecule has 0 radical (unpaired) electrons. The van der Waals surface area contributed by atoms with Gasteiger partial charge in [-0.2, -0.15) is 0 Å². The summed E-state index contributed by atoms with van der Waals surface area (Å²) in [6.45, 7) is 6.39. The number of hydrogen-bond donors (Lipinski definition) is 1. The highest BCUT2D eigenvalue weighted by atomic mass is 15.2. The Kier molecular flexibility index (Phi) is 2.36. The van der Waals surface area contributed by atoms with Crippen molar-refractivity contribution in [2.45, 2.75) is 57.5 Å². The molecule has 2 atom stereocenters. The second-order valence-electron chi connectivity index (χ2n) is 7.27. The third kappa shape index (κ3) is 2.04. The van der Waals surface area contributed by atoms with E-state index in [0.717, 1.165) is 29.3 Å². The van der Waals surface area contributed by atoms with Crippen molar-refractivity contribution in [3.05, 3.63) is 0 Å². The van der Waals surface area contributed by atoms with Crippen LogP contribution < -0.4 is 5.32 Å². The molecule has 4 aliphatic rings. The minimum Gasteiger partial charge on any atom is -0.311 e. The minimum atomic E-state index is 0.765. The van der Waals surface area contributed by atoms with Crippen LogP contribution in [0, 0.1) is 17.3 Å². The molecule has 2 unspecified atom stereocenters. The van der Waals surface area contributed by atoms with Crippen molar-refractivity contribution in [2.75, 3.05) is 19.6 Å². The van der Waals surface area contributed by atoms with E-state index in [1.165, 1.54) is 58.2 Å². The summed E-state index contributed by atoms with van der Waals surface area (Å²) in [6, 6.07) is 1.59. The van der Waals surface area contributed by atoms with Crippen LogP contribution >= 0.6 is 0 Å². The first-order valence-electron chi connectivity index (χ1n) is 7.74. The highest BCUT2D eigenvalue weighted by Crippen LogP contribution is 2.61. The van der Waals surface area contributed by atoms with Gasteiger partial charge in [0.2, 0.25) is 0 Å². The van der Waals surface area contributed by atoms with Gasteiger partial charge in [-0.1, -0.05) is 0 Å². The normalized spacial score (nSPS) is 41.5. The fraction of sp³-hybridized carbons (Fsp3) is 1.00. The van der Waals surface area contributed by atoms with Crippen LogP contribution in [0.3, 0.4) is 0 Å². The zero-order valence-electron chi connectivity index (χ0n) is 11.1. The smallest absolute Gasteiger partial charge is 0.0224 e. The Balaban J connectivity index is 1.40. The Morgan fingerprint density at radius 2 is 1.94 bits per heavy atom. The molecule has 0 amide bonds. The summed E-state index contributed by atoms with van der Waals surface area (Å²) in [5.41, 5.74) is 0.791. The first-order valence-corrected chi connectivity index (χ1v) is 7.74. The Morgan fingerprint density at radius 1 is 1.18 bits per heavy atom. The summed E-state index contributed by atoms with van der Waals surface area (Å²) in [5.74, 6) is 2.13. The first-order chi connectivity index (χ1) is 8.27.